The number of nitrogens with one attached hydrogen (secondary N) is 1. The predicted molar refractivity (Wildman–Crippen MR) is 77.0 cm³/mol. The number of carbonyl (C=O) groups is 1. The normalized spacial score (nSPS) is 16.4. The van der Waals surface area contributed by atoms with Crippen LogP contribution in [0.15, 0.2) is 28.7 Å². The summed E-state index contributed by atoms with van der Waals surface area (Å²) in [6.07, 6.45) is 3.72. The van der Waals surface area contributed by atoms with Crippen molar-refractivity contribution in [3.8, 4) is 0 Å². The minimum Gasteiger partial charge on any atom is -0.451 e. The molecular weight excluding hydrogens is 254 g/mol. The SMILES string of the molecule is NNC(=O)c1oc2ccccc2c1CN1CCCCC1. The van der Waals surface area contributed by atoms with Crippen LogP contribution in [-0.2, 0) is 6.54 Å². The molecule has 106 valence electrons. The summed E-state index contributed by atoms with van der Waals surface area (Å²) in [4.78, 5) is 14.3. The van der Waals surface area contributed by atoms with Gasteiger partial charge in [-0.25, -0.2) is 5.84 Å². The van der Waals surface area contributed by atoms with Gasteiger partial charge in [-0.1, -0.05) is 24.6 Å². The van der Waals surface area contributed by atoms with Crippen molar-refractivity contribution in [1.29, 1.82) is 0 Å². The van der Waals surface area contributed by atoms with Crippen molar-refractivity contribution in [2.24, 2.45) is 5.84 Å². The number of piperidine rings is 1. The van der Waals surface area contributed by atoms with E-state index in [0.29, 0.717) is 5.76 Å². The molecule has 3 N–H and O–H groups in total. The summed E-state index contributed by atoms with van der Waals surface area (Å²) in [5, 5.41) is 0.997. The number of hydrogen-bond donors (Lipinski definition) is 2. The zero-order valence-electron chi connectivity index (χ0n) is 11.4. The topological polar surface area (TPSA) is 71.5 Å². The summed E-state index contributed by atoms with van der Waals surface area (Å²) in [6, 6.07) is 7.73. The lowest BCUT2D eigenvalue weighted by molar-refractivity contribution is 0.0924. The van der Waals surface area contributed by atoms with E-state index in [0.717, 1.165) is 36.2 Å². The third kappa shape index (κ3) is 2.42. The number of amides is 1. The Labute approximate surface area is 117 Å². The number of hydrogen-bond acceptors (Lipinski definition) is 4. The molecule has 0 saturated carbocycles. The van der Waals surface area contributed by atoms with E-state index in [1.165, 1.54) is 19.3 Å². The second-order valence-electron chi connectivity index (χ2n) is 5.22. The van der Waals surface area contributed by atoms with Gasteiger partial charge in [-0.2, -0.15) is 0 Å². The van der Waals surface area contributed by atoms with Gasteiger partial charge in [0.1, 0.15) is 5.58 Å². The first kappa shape index (κ1) is 13.1. The number of benzene rings is 1. The van der Waals surface area contributed by atoms with Crippen molar-refractivity contribution < 1.29 is 9.21 Å². The maximum Gasteiger partial charge on any atom is 0.301 e. The molecule has 0 atom stereocenters. The van der Waals surface area contributed by atoms with Gasteiger partial charge < -0.3 is 4.42 Å². The molecule has 2 heterocycles. The molecule has 0 spiro atoms. The van der Waals surface area contributed by atoms with Gasteiger partial charge in [-0.15, -0.1) is 0 Å². The molecule has 0 bridgehead atoms. The minimum absolute atomic E-state index is 0.333. The molecule has 1 aliphatic rings. The van der Waals surface area contributed by atoms with Crippen molar-refractivity contribution in [1.82, 2.24) is 10.3 Å². The molecule has 1 amide bonds. The molecule has 1 saturated heterocycles. The zero-order valence-corrected chi connectivity index (χ0v) is 11.4. The lowest BCUT2D eigenvalue weighted by atomic mass is 10.1. The van der Waals surface area contributed by atoms with Gasteiger partial charge >= 0.3 is 5.91 Å². The number of fused-ring (bicyclic) bond motifs is 1. The van der Waals surface area contributed by atoms with Gasteiger partial charge in [-0.3, -0.25) is 15.1 Å². The highest BCUT2D eigenvalue weighted by Gasteiger charge is 2.22. The third-order valence-corrected chi connectivity index (χ3v) is 3.87. The Morgan fingerprint density at radius 3 is 2.75 bits per heavy atom. The van der Waals surface area contributed by atoms with Crippen molar-refractivity contribution in [2.45, 2.75) is 25.8 Å². The molecular formula is C15H19N3O2. The number of furan rings is 1. The molecule has 1 fully saturated rings. The zero-order chi connectivity index (χ0) is 13.9. The number of rotatable bonds is 3. The lowest BCUT2D eigenvalue weighted by Gasteiger charge is -2.26. The Balaban J connectivity index is 1.99. The monoisotopic (exact) mass is 273 g/mol. The summed E-state index contributed by atoms with van der Waals surface area (Å²) in [5.74, 6) is 5.22. The van der Waals surface area contributed by atoms with Gasteiger partial charge in [0.25, 0.3) is 0 Å². The van der Waals surface area contributed by atoms with Crippen LogP contribution < -0.4 is 11.3 Å². The van der Waals surface area contributed by atoms with Crippen LogP contribution in [0.25, 0.3) is 11.0 Å². The van der Waals surface area contributed by atoms with Gasteiger partial charge in [0.15, 0.2) is 5.76 Å². The molecule has 0 aliphatic carbocycles. The molecule has 0 unspecified atom stereocenters. The number of carbonyl (C=O) groups excluding carboxylic acids is 1. The van der Waals surface area contributed by atoms with Crippen LogP contribution in [0, 0.1) is 0 Å². The minimum atomic E-state index is -0.367. The van der Waals surface area contributed by atoms with E-state index in [9.17, 15) is 4.79 Å². The van der Waals surface area contributed by atoms with E-state index in [1.54, 1.807) is 0 Å². The van der Waals surface area contributed by atoms with Crippen LogP contribution in [0.4, 0.5) is 0 Å². The number of nitrogens with zero attached hydrogens (tertiary/aromatic N) is 1. The van der Waals surface area contributed by atoms with E-state index in [2.05, 4.69) is 10.3 Å². The molecule has 1 aromatic carbocycles. The second kappa shape index (κ2) is 5.64. The molecule has 2 aromatic rings. The summed E-state index contributed by atoms with van der Waals surface area (Å²) >= 11 is 0. The van der Waals surface area contributed by atoms with Gasteiger partial charge in [0, 0.05) is 17.5 Å². The number of hydrazine groups is 1. The molecule has 5 heteroatoms. The summed E-state index contributed by atoms with van der Waals surface area (Å²) in [7, 11) is 0. The van der Waals surface area contributed by atoms with Crippen LogP contribution in [0.3, 0.4) is 0 Å². The number of para-hydroxylation sites is 1. The molecule has 3 rings (SSSR count). The second-order valence-corrected chi connectivity index (χ2v) is 5.22. The fraction of sp³-hybridized carbons (Fsp3) is 0.400. The first-order chi connectivity index (χ1) is 9.79. The van der Waals surface area contributed by atoms with E-state index in [-0.39, 0.29) is 5.91 Å². The molecule has 20 heavy (non-hydrogen) atoms. The molecule has 1 aliphatic heterocycles. The first-order valence-corrected chi connectivity index (χ1v) is 7.03. The average molecular weight is 273 g/mol. The average Bonchev–Trinajstić information content (AvgIpc) is 2.86. The fourth-order valence-electron chi connectivity index (χ4n) is 2.85. The Kier molecular flexibility index (Phi) is 3.71. The highest BCUT2D eigenvalue weighted by molar-refractivity contribution is 5.98. The first-order valence-electron chi connectivity index (χ1n) is 7.03. The van der Waals surface area contributed by atoms with E-state index in [4.69, 9.17) is 10.3 Å². The molecule has 0 radical (unpaired) electrons. The number of nitrogens with two attached hydrogens (primary N) is 1. The standard InChI is InChI=1S/C15H19N3O2/c16-17-15(19)14-12(10-18-8-4-1-5-9-18)11-6-2-3-7-13(11)20-14/h2-3,6-7H,1,4-5,8-10,16H2,(H,17,19). The Hall–Kier alpha value is -1.85. The highest BCUT2D eigenvalue weighted by Crippen LogP contribution is 2.28. The largest absolute Gasteiger partial charge is 0.451 e. The van der Waals surface area contributed by atoms with Gasteiger partial charge in [0.2, 0.25) is 0 Å². The van der Waals surface area contributed by atoms with Crippen LogP contribution in [-0.4, -0.2) is 23.9 Å². The quantitative estimate of drug-likeness (QED) is 0.510. The van der Waals surface area contributed by atoms with Gasteiger partial charge in [-0.05, 0) is 32.0 Å². The van der Waals surface area contributed by atoms with Crippen molar-refractivity contribution in [3.63, 3.8) is 0 Å². The maximum absolute atomic E-state index is 11.9. The van der Waals surface area contributed by atoms with Crippen LogP contribution >= 0.6 is 0 Å². The fourth-order valence-corrected chi connectivity index (χ4v) is 2.85. The summed E-state index contributed by atoms with van der Waals surface area (Å²) < 4.78 is 5.67. The molecule has 1 aromatic heterocycles. The van der Waals surface area contributed by atoms with E-state index < -0.39 is 0 Å². The third-order valence-electron chi connectivity index (χ3n) is 3.87. The Morgan fingerprint density at radius 2 is 2.00 bits per heavy atom. The van der Waals surface area contributed by atoms with Crippen molar-refractivity contribution in [2.75, 3.05) is 13.1 Å². The van der Waals surface area contributed by atoms with Crippen LogP contribution in [0.2, 0.25) is 0 Å². The Bertz CT molecular complexity index is 615. The highest BCUT2D eigenvalue weighted by atomic mass is 16.3. The van der Waals surface area contributed by atoms with Crippen LogP contribution in [0.5, 0.6) is 0 Å². The predicted octanol–water partition coefficient (Wildman–Crippen LogP) is 2.02. The summed E-state index contributed by atoms with van der Waals surface area (Å²) in [5.41, 5.74) is 3.84. The number of nitrogen functional groups attached to an aromatic ring is 1. The lowest BCUT2D eigenvalue weighted by Crippen LogP contribution is -2.32. The Morgan fingerprint density at radius 1 is 1.25 bits per heavy atom. The van der Waals surface area contributed by atoms with Crippen molar-refractivity contribution in [3.05, 3.63) is 35.6 Å². The summed E-state index contributed by atoms with van der Waals surface area (Å²) in [6.45, 7) is 2.88. The maximum atomic E-state index is 11.9. The molecule has 5 nitrogen and oxygen atoms in total. The van der Waals surface area contributed by atoms with E-state index >= 15 is 0 Å². The number of likely N-dealkylation sites (tertiary alicyclic amines) is 1. The van der Waals surface area contributed by atoms with Crippen LogP contribution in [0.1, 0.15) is 35.4 Å². The van der Waals surface area contributed by atoms with E-state index in [1.807, 2.05) is 24.3 Å². The van der Waals surface area contributed by atoms with Crippen molar-refractivity contribution >= 4 is 16.9 Å². The van der Waals surface area contributed by atoms with Gasteiger partial charge in [0.05, 0.1) is 0 Å². The smallest absolute Gasteiger partial charge is 0.301 e.